The number of hydrogen-bond acceptors (Lipinski definition) is 3. The van der Waals surface area contributed by atoms with Crippen LogP contribution in [-0.2, 0) is 13.6 Å². The van der Waals surface area contributed by atoms with E-state index in [4.69, 9.17) is 0 Å². The number of aliphatic hydroxyl groups is 1. The molecule has 1 saturated carbocycles. The van der Waals surface area contributed by atoms with E-state index in [0.29, 0.717) is 12.0 Å². The second-order valence-corrected chi connectivity index (χ2v) is 6.22. The van der Waals surface area contributed by atoms with Gasteiger partial charge in [-0.3, -0.25) is 9.58 Å². The van der Waals surface area contributed by atoms with Crippen molar-refractivity contribution in [3.8, 4) is 0 Å². The van der Waals surface area contributed by atoms with E-state index in [1.807, 2.05) is 17.9 Å². The third kappa shape index (κ3) is 2.84. The molecule has 0 spiro atoms. The summed E-state index contributed by atoms with van der Waals surface area (Å²) in [6.45, 7) is 2.16. The lowest BCUT2D eigenvalue weighted by Gasteiger charge is -2.40. The zero-order chi connectivity index (χ0) is 13.2. The van der Waals surface area contributed by atoms with Crippen LogP contribution in [-0.4, -0.2) is 38.5 Å². The van der Waals surface area contributed by atoms with E-state index in [2.05, 4.69) is 16.2 Å². The molecule has 1 aromatic rings. The van der Waals surface area contributed by atoms with E-state index in [1.54, 1.807) is 0 Å². The fourth-order valence-corrected chi connectivity index (χ4v) is 3.90. The first-order valence-electron chi connectivity index (χ1n) is 7.63. The van der Waals surface area contributed by atoms with Crippen molar-refractivity contribution in [1.82, 2.24) is 14.7 Å². The molecule has 0 radical (unpaired) electrons. The molecule has 1 N–H and O–H groups in total. The number of rotatable bonds is 3. The van der Waals surface area contributed by atoms with Gasteiger partial charge in [-0.25, -0.2) is 0 Å². The number of aryl methyl sites for hydroxylation is 1. The van der Waals surface area contributed by atoms with Crippen LogP contribution in [0.15, 0.2) is 12.4 Å². The standard InChI is InChI=1S/C15H25N3O/c1-17-10-12(9-16-17)11-18-8-3-2-6-14(18)13-5-4-7-15(13)19/h9-10,13-15,19H,2-8,11H2,1H3. The number of aromatic nitrogens is 2. The molecule has 1 aliphatic heterocycles. The Kier molecular flexibility index (Phi) is 3.89. The third-order valence-corrected chi connectivity index (χ3v) is 4.83. The monoisotopic (exact) mass is 263 g/mol. The molecule has 4 heteroatoms. The molecule has 3 atom stereocenters. The van der Waals surface area contributed by atoms with Crippen LogP contribution in [0.25, 0.3) is 0 Å². The Labute approximate surface area is 115 Å². The number of hydrogen-bond donors (Lipinski definition) is 1. The van der Waals surface area contributed by atoms with Crippen molar-refractivity contribution in [2.75, 3.05) is 6.54 Å². The minimum absolute atomic E-state index is 0.0699. The predicted molar refractivity (Wildman–Crippen MR) is 74.6 cm³/mol. The van der Waals surface area contributed by atoms with Gasteiger partial charge in [0.2, 0.25) is 0 Å². The summed E-state index contributed by atoms with van der Waals surface area (Å²) in [6.07, 6.45) is 11.3. The molecule has 3 rings (SSSR count). The van der Waals surface area contributed by atoms with Gasteiger partial charge >= 0.3 is 0 Å². The highest BCUT2D eigenvalue weighted by molar-refractivity contribution is 5.04. The lowest BCUT2D eigenvalue weighted by atomic mass is 9.87. The second-order valence-electron chi connectivity index (χ2n) is 6.22. The molecule has 0 aromatic carbocycles. The van der Waals surface area contributed by atoms with Crippen LogP contribution in [0.1, 0.15) is 44.1 Å². The minimum Gasteiger partial charge on any atom is -0.393 e. The van der Waals surface area contributed by atoms with E-state index in [1.165, 1.54) is 44.2 Å². The minimum atomic E-state index is -0.0699. The Morgan fingerprint density at radius 2 is 2.16 bits per heavy atom. The number of nitrogens with zero attached hydrogens (tertiary/aromatic N) is 3. The van der Waals surface area contributed by atoms with E-state index in [0.717, 1.165) is 13.0 Å². The van der Waals surface area contributed by atoms with Crippen molar-refractivity contribution in [2.24, 2.45) is 13.0 Å². The average molecular weight is 263 g/mol. The first-order valence-corrected chi connectivity index (χ1v) is 7.63. The van der Waals surface area contributed by atoms with Crippen LogP contribution >= 0.6 is 0 Å². The Morgan fingerprint density at radius 1 is 1.26 bits per heavy atom. The van der Waals surface area contributed by atoms with Crippen molar-refractivity contribution in [3.63, 3.8) is 0 Å². The lowest BCUT2D eigenvalue weighted by molar-refractivity contribution is 0.0313. The van der Waals surface area contributed by atoms with Crippen molar-refractivity contribution in [1.29, 1.82) is 0 Å². The van der Waals surface area contributed by atoms with Crippen LogP contribution in [0, 0.1) is 5.92 Å². The molecule has 0 bridgehead atoms. The van der Waals surface area contributed by atoms with Crippen molar-refractivity contribution >= 4 is 0 Å². The molecule has 1 aromatic heterocycles. The average Bonchev–Trinajstić information content (AvgIpc) is 2.99. The quantitative estimate of drug-likeness (QED) is 0.906. The van der Waals surface area contributed by atoms with Gasteiger partial charge in [0.1, 0.15) is 0 Å². The predicted octanol–water partition coefficient (Wildman–Crippen LogP) is 1.94. The van der Waals surface area contributed by atoms with E-state index in [-0.39, 0.29) is 6.10 Å². The maximum atomic E-state index is 10.2. The number of aliphatic hydroxyl groups excluding tert-OH is 1. The Hall–Kier alpha value is -0.870. The molecule has 0 amide bonds. The first-order chi connectivity index (χ1) is 9.24. The van der Waals surface area contributed by atoms with Crippen LogP contribution in [0.4, 0.5) is 0 Å². The summed E-state index contributed by atoms with van der Waals surface area (Å²) < 4.78 is 1.87. The van der Waals surface area contributed by atoms with Crippen molar-refractivity contribution in [3.05, 3.63) is 18.0 Å². The van der Waals surface area contributed by atoms with Gasteiger partial charge in [0.05, 0.1) is 12.3 Å². The zero-order valence-corrected chi connectivity index (χ0v) is 11.8. The fraction of sp³-hybridized carbons (Fsp3) is 0.800. The summed E-state index contributed by atoms with van der Waals surface area (Å²) in [5, 5.41) is 14.4. The molecule has 1 aliphatic carbocycles. The SMILES string of the molecule is Cn1cc(CN2CCCCC2C2CCCC2O)cn1. The van der Waals surface area contributed by atoms with Gasteiger partial charge < -0.3 is 5.11 Å². The van der Waals surface area contributed by atoms with Crippen LogP contribution in [0.2, 0.25) is 0 Å². The summed E-state index contributed by atoms with van der Waals surface area (Å²) >= 11 is 0. The largest absolute Gasteiger partial charge is 0.393 e. The maximum Gasteiger partial charge on any atom is 0.0583 e. The summed E-state index contributed by atoms with van der Waals surface area (Å²) in [5.41, 5.74) is 1.29. The second kappa shape index (κ2) is 5.63. The van der Waals surface area contributed by atoms with E-state index >= 15 is 0 Å². The van der Waals surface area contributed by atoms with E-state index < -0.39 is 0 Å². The van der Waals surface area contributed by atoms with Gasteiger partial charge in [0.15, 0.2) is 0 Å². The van der Waals surface area contributed by atoms with Gasteiger partial charge in [0.25, 0.3) is 0 Å². The highest BCUT2D eigenvalue weighted by Gasteiger charge is 2.36. The number of piperidine rings is 1. The van der Waals surface area contributed by atoms with Crippen LogP contribution in [0.5, 0.6) is 0 Å². The van der Waals surface area contributed by atoms with Crippen molar-refractivity contribution < 1.29 is 5.11 Å². The molecular formula is C15H25N3O. The van der Waals surface area contributed by atoms with Gasteiger partial charge in [-0.15, -0.1) is 0 Å². The molecule has 2 heterocycles. The Bertz CT molecular complexity index is 417. The van der Waals surface area contributed by atoms with Gasteiger partial charge in [-0.1, -0.05) is 12.8 Å². The summed E-state index contributed by atoms with van der Waals surface area (Å²) in [7, 11) is 1.97. The molecule has 3 unspecified atom stereocenters. The molecule has 19 heavy (non-hydrogen) atoms. The fourth-order valence-electron chi connectivity index (χ4n) is 3.90. The van der Waals surface area contributed by atoms with E-state index in [9.17, 15) is 5.11 Å². The normalized spacial score (nSPS) is 32.8. The highest BCUT2D eigenvalue weighted by atomic mass is 16.3. The Morgan fingerprint density at radius 3 is 2.84 bits per heavy atom. The molecular weight excluding hydrogens is 238 g/mol. The third-order valence-electron chi connectivity index (χ3n) is 4.83. The van der Waals surface area contributed by atoms with Gasteiger partial charge in [-0.2, -0.15) is 5.10 Å². The summed E-state index contributed by atoms with van der Waals surface area (Å²) in [4.78, 5) is 2.58. The number of likely N-dealkylation sites (tertiary alicyclic amines) is 1. The smallest absolute Gasteiger partial charge is 0.0583 e. The lowest BCUT2D eigenvalue weighted by Crippen LogP contribution is -2.45. The van der Waals surface area contributed by atoms with Crippen LogP contribution in [0.3, 0.4) is 0 Å². The molecule has 2 aliphatic rings. The van der Waals surface area contributed by atoms with Gasteiger partial charge in [0, 0.05) is 37.3 Å². The van der Waals surface area contributed by atoms with Crippen molar-refractivity contribution in [2.45, 2.75) is 57.2 Å². The maximum absolute atomic E-state index is 10.2. The highest BCUT2D eigenvalue weighted by Crippen LogP contribution is 2.35. The zero-order valence-electron chi connectivity index (χ0n) is 11.8. The molecule has 1 saturated heterocycles. The summed E-state index contributed by atoms with van der Waals surface area (Å²) in [6, 6.07) is 0.575. The molecule has 4 nitrogen and oxygen atoms in total. The molecule has 106 valence electrons. The van der Waals surface area contributed by atoms with Crippen LogP contribution < -0.4 is 0 Å². The first kappa shape index (κ1) is 13.1. The summed E-state index contributed by atoms with van der Waals surface area (Å²) in [5.74, 6) is 0.497. The topological polar surface area (TPSA) is 41.3 Å². The molecule has 2 fully saturated rings. The van der Waals surface area contributed by atoms with Gasteiger partial charge in [-0.05, 0) is 32.2 Å². The Balaban J connectivity index is 1.70.